The second kappa shape index (κ2) is 6.87. The summed E-state index contributed by atoms with van der Waals surface area (Å²) in [6, 6.07) is 12.7. The van der Waals surface area contributed by atoms with Crippen LogP contribution >= 0.6 is 0 Å². The van der Waals surface area contributed by atoms with Crippen molar-refractivity contribution in [1.82, 2.24) is 10.9 Å². The Bertz CT molecular complexity index is 852. The lowest BCUT2D eigenvalue weighted by molar-refractivity contribution is -0.131. The molecular weight excluding hydrogens is 336 g/mol. The van der Waals surface area contributed by atoms with E-state index in [1.54, 1.807) is 12.1 Å². The van der Waals surface area contributed by atoms with Gasteiger partial charge in [0, 0.05) is 5.56 Å². The molecule has 0 bridgehead atoms. The molecule has 0 saturated carbocycles. The van der Waals surface area contributed by atoms with Crippen molar-refractivity contribution >= 4 is 11.6 Å². The maximum atomic E-state index is 12.3. The van der Waals surface area contributed by atoms with Gasteiger partial charge >= 0.3 is 0 Å². The Labute approximate surface area is 150 Å². The van der Waals surface area contributed by atoms with E-state index in [1.165, 1.54) is 0 Å². The van der Waals surface area contributed by atoms with Crippen LogP contribution in [0.15, 0.2) is 49.0 Å². The molecule has 0 spiro atoms. The predicted octanol–water partition coefficient (Wildman–Crippen LogP) is 1.89. The summed E-state index contributed by atoms with van der Waals surface area (Å²) in [4.78, 5) is 12.3. The molecule has 2 aliphatic rings. The molecule has 2 aromatic rings. The summed E-state index contributed by atoms with van der Waals surface area (Å²) in [6.07, 6.45) is -0.745. The molecule has 2 aliphatic heterocycles. The fourth-order valence-corrected chi connectivity index (χ4v) is 2.67. The first-order chi connectivity index (χ1) is 12.7. The van der Waals surface area contributed by atoms with Crippen LogP contribution in [-0.2, 0) is 4.79 Å². The molecule has 0 radical (unpaired) electrons. The van der Waals surface area contributed by atoms with Crippen molar-refractivity contribution in [3.05, 3.63) is 54.6 Å². The first-order valence-electron chi connectivity index (χ1n) is 8.24. The molecule has 4 rings (SSSR count). The number of rotatable bonds is 4. The van der Waals surface area contributed by atoms with E-state index in [2.05, 4.69) is 17.4 Å². The quantitative estimate of drug-likeness (QED) is 0.817. The van der Waals surface area contributed by atoms with E-state index in [1.807, 2.05) is 30.3 Å². The zero-order valence-corrected chi connectivity index (χ0v) is 14.0. The van der Waals surface area contributed by atoms with E-state index < -0.39 is 6.10 Å². The minimum atomic E-state index is -0.745. The average molecular weight is 354 g/mol. The highest BCUT2D eigenvalue weighted by Gasteiger charge is 2.27. The van der Waals surface area contributed by atoms with E-state index in [4.69, 9.17) is 18.9 Å². The molecule has 2 N–H and O–H groups in total. The summed E-state index contributed by atoms with van der Waals surface area (Å²) in [5.41, 5.74) is 6.70. The summed E-state index contributed by atoms with van der Waals surface area (Å²) in [6.45, 7) is 5.12. The van der Waals surface area contributed by atoms with Gasteiger partial charge in [0.15, 0.2) is 23.0 Å². The Hall–Kier alpha value is -3.35. The maximum absolute atomic E-state index is 12.3. The first-order valence-corrected chi connectivity index (χ1v) is 8.24. The fraction of sp³-hybridized carbons (Fsp3) is 0.211. The summed E-state index contributed by atoms with van der Waals surface area (Å²) in [5, 5.41) is 0. The number of carbonyl (C=O) groups is 1. The second-order valence-electron chi connectivity index (χ2n) is 5.82. The molecular formula is C19H18N2O5. The molecule has 0 fully saturated rings. The highest BCUT2D eigenvalue weighted by molar-refractivity contribution is 5.82. The Balaban J connectivity index is 1.35. The van der Waals surface area contributed by atoms with Gasteiger partial charge in [-0.2, -0.15) is 0 Å². The van der Waals surface area contributed by atoms with Crippen molar-refractivity contribution in [3.63, 3.8) is 0 Å². The van der Waals surface area contributed by atoms with Crippen molar-refractivity contribution < 1.29 is 23.7 Å². The third kappa shape index (κ3) is 3.23. The number of carbonyl (C=O) groups excluding carboxylic acids is 1. The molecule has 1 atom stereocenters. The molecule has 0 saturated heterocycles. The number of nitrogens with one attached hydrogen (secondary N) is 2. The maximum Gasteiger partial charge on any atom is 0.282 e. The van der Waals surface area contributed by atoms with Crippen LogP contribution in [0.4, 0.5) is 0 Å². The van der Waals surface area contributed by atoms with Gasteiger partial charge in [-0.25, -0.2) is 0 Å². The van der Waals surface area contributed by atoms with Crippen molar-refractivity contribution in [2.24, 2.45) is 0 Å². The molecule has 0 aromatic heterocycles. The monoisotopic (exact) mass is 354 g/mol. The third-order valence-electron chi connectivity index (χ3n) is 4.03. The van der Waals surface area contributed by atoms with Crippen molar-refractivity contribution in [1.29, 1.82) is 0 Å². The van der Waals surface area contributed by atoms with Gasteiger partial charge in [-0.3, -0.25) is 15.6 Å². The minimum absolute atomic E-state index is 0.140. The standard InChI is InChI=1S/C19H18N2O5/c1-12(13-6-7-15-17(10-13)24-9-8-23-15)20-21-19(22)18-11-25-14-4-2-3-5-16(14)26-18/h2-7,10,18,20H,1,8-9,11H2,(H,21,22)/t18-/m1/s1. The van der Waals surface area contributed by atoms with Crippen molar-refractivity contribution in [2.75, 3.05) is 19.8 Å². The topological polar surface area (TPSA) is 78.1 Å². The van der Waals surface area contributed by atoms with Crippen LogP contribution < -0.4 is 29.8 Å². The number of hydrogen-bond donors (Lipinski definition) is 2. The van der Waals surface area contributed by atoms with Crippen LogP contribution in [0, 0.1) is 0 Å². The fourth-order valence-electron chi connectivity index (χ4n) is 2.67. The van der Waals surface area contributed by atoms with Gasteiger partial charge in [0.2, 0.25) is 6.10 Å². The lowest BCUT2D eigenvalue weighted by atomic mass is 10.1. The Morgan fingerprint density at radius 3 is 2.50 bits per heavy atom. The van der Waals surface area contributed by atoms with E-state index in [0.29, 0.717) is 41.9 Å². The normalized spacial score (nSPS) is 17.2. The molecule has 1 amide bonds. The van der Waals surface area contributed by atoms with Crippen LogP contribution in [-0.4, -0.2) is 31.8 Å². The zero-order chi connectivity index (χ0) is 17.9. The number of benzene rings is 2. The lowest BCUT2D eigenvalue weighted by Gasteiger charge is -2.26. The average Bonchev–Trinajstić information content (AvgIpc) is 2.71. The summed E-state index contributed by atoms with van der Waals surface area (Å²) in [7, 11) is 0. The smallest absolute Gasteiger partial charge is 0.282 e. The van der Waals surface area contributed by atoms with Crippen molar-refractivity contribution in [2.45, 2.75) is 6.10 Å². The van der Waals surface area contributed by atoms with Crippen LogP contribution in [0.3, 0.4) is 0 Å². The summed E-state index contributed by atoms with van der Waals surface area (Å²) in [5.74, 6) is 2.18. The van der Waals surface area contributed by atoms with E-state index in [-0.39, 0.29) is 12.5 Å². The Kier molecular flexibility index (Phi) is 4.27. The largest absolute Gasteiger partial charge is 0.486 e. The Morgan fingerprint density at radius 1 is 0.923 bits per heavy atom. The van der Waals surface area contributed by atoms with E-state index in [0.717, 1.165) is 5.56 Å². The van der Waals surface area contributed by atoms with Gasteiger partial charge in [-0.1, -0.05) is 18.7 Å². The number of ether oxygens (including phenoxy) is 4. The summed E-state index contributed by atoms with van der Waals surface area (Å²) >= 11 is 0. The van der Waals surface area contributed by atoms with Crippen molar-refractivity contribution in [3.8, 4) is 23.0 Å². The molecule has 2 heterocycles. The zero-order valence-electron chi connectivity index (χ0n) is 14.0. The van der Waals surface area contributed by atoms with Gasteiger partial charge in [0.25, 0.3) is 5.91 Å². The number of fused-ring (bicyclic) bond motifs is 2. The number of hydrazine groups is 1. The van der Waals surface area contributed by atoms with Gasteiger partial charge in [-0.05, 0) is 30.3 Å². The number of hydrogen-bond acceptors (Lipinski definition) is 6. The molecule has 7 nitrogen and oxygen atoms in total. The highest BCUT2D eigenvalue weighted by atomic mass is 16.6. The number of amides is 1. The van der Waals surface area contributed by atoms with Gasteiger partial charge < -0.3 is 18.9 Å². The van der Waals surface area contributed by atoms with E-state index >= 15 is 0 Å². The first kappa shape index (κ1) is 16.1. The Morgan fingerprint density at radius 2 is 1.65 bits per heavy atom. The van der Waals surface area contributed by atoms with E-state index in [9.17, 15) is 4.79 Å². The highest BCUT2D eigenvalue weighted by Crippen LogP contribution is 2.32. The second-order valence-corrected chi connectivity index (χ2v) is 5.82. The van der Waals surface area contributed by atoms with Crippen LogP contribution in [0.2, 0.25) is 0 Å². The molecule has 26 heavy (non-hydrogen) atoms. The van der Waals surface area contributed by atoms with Gasteiger partial charge in [0.05, 0.1) is 5.70 Å². The molecule has 0 unspecified atom stereocenters. The molecule has 0 aliphatic carbocycles. The number of para-hydroxylation sites is 2. The third-order valence-corrected chi connectivity index (χ3v) is 4.03. The van der Waals surface area contributed by atoms with Gasteiger partial charge in [0.1, 0.15) is 19.8 Å². The SMILES string of the molecule is C=C(NNC(=O)[C@H]1COc2ccccc2O1)c1ccc2c(c1)OCCO2. The van der Waals surface area contributed by atoms with Crippen LogP contribution in [0.1, 0.15) is 5.56 Å². The lowest BCUT2D eigenvalue weighted by Crippen LogP contribution is -2.48. The molecule has 2 aromatic carbocycles. The summed E-state index contributed by atoms with van der Waals surface area (Å²) < 4.78 is 22.2. The molecule has 134 valence electrons. The predicted molar refractivity (Wildman–Crippen MR) is 94.1 cm³/mol. The van der Waals surface area contributed by atoms with Crippen LogP contribution in [0.5, 0.6) is 23.0 Å². The minimum Gasteiger partial charge on any atom is -0.486 e. The molecule has 7 heteroatoms. The van der Waals surface area contributed by atoms with Gasteiger partial charge in [-0.15, -0.1) is 0 Å². The van der Waals surface area contributed by atoms with Crippen LogP contribution in [0.25, 0.3) is 5.70 Å².